The standard InChI is InChI=1S/C11H14F3N3O3/c1-2-19-8(18)3-7-9(16)10(20-11(12,13)14)6(4-15)5-17-7/h5H,2-4,15-16H2,1H3. The number of nitrogen functional groups attached to an aromatic ring is 1. The summed E-state index contributed by atoms with van der Waals surface area (Å²) in [5.41, 5.74) is 10.4. The largest absolute Gasteiger partial charge is 0.573 e. The number of hydrogen-bond donors (Lipinski definition) is 2. The third-order valence-electron chi connectivity index (χ3n) is 2.28. The van der Waals surface area contributed by atoms with Gasteiger partial charge in [0.25, 0.3) is 0 Å². The SMILES string of the molecule is CCOC(=O)Cc1ncc(CN)c(OC(F)(F)F)c1N. The van der Waals surface area contributed by atoms with Gasteiger partial charge in [0.2, 0.25) is 0 Å². The van der Waals surface area contributed by atoms with Crippen LogP contribution in [-0.2, 0) is 22.5 Å². The van der Waals surface area contributed by atoms with E-state index in [4.69, 9.17) is 11.5 Å². The van der Waals surface area contributed by atoms with Gasteiger partial charge in [0.05, 0.1) is 24.4 Å². The van der Waals surface area contributed by atoms with Crippen LogP contribution < -0.4 is 16.2 Å². The number of alkyl halides is 3. The van der Waals surface area contributed by atoms with Gasteiger partial charge in [-0.15, -0.1) is 13.2 Å². The molecule has 0 aliphatic rings. The van der Waals surface area contributed by atoms with E-state index in [9.17, 15) is 18.0 Å². The molecule has 112 valence electrons. The monoisotopic (exact) mass is 293 g/mol. The minimum Gasteiger partial charge on any atom is -0.466 e. The number of aromatic nitrogens is 1. The van der Waals surface area contributed by atoms with Crippen LogP contribution in [0.3, 0.4) is 0 Å². The van der Waals surface area contributed by atoms with Gasteiger partial charge in [-0.3, -0.25) is 9.78 Å². The lowest BCUT2D eigenvalue weighted by molar-refractivity contribution is -0.274. The van der Waals surface area contributed by atoms with Gasteiger partial charge in [0, 0.05) is 18.3 Å². The van der Waals surface area contributed by atoms with Crippen molar-refractivity contribution >= 4 is 11.7 Å². The summed E-state index contributed by atoms with van der Waals surface area (Å²) in [4.78, 5) is 15.1. The number of esters is 1. The van der Waals surface area contributed by atoms with Crippen LogP contribution in [0.1, 0.15) is 18.2 Å². The molecule has 0 saturated carbocycles. The first kappa shape index (κ1) is 16.0. The molecule has 0 amide bonds. The van der Waals surface area contributed by atoms with Crippen LogP contribution in [0.15, 0.2) is 6.20 Å². The fourth-order valence-electron chi connectivity index (χ4n) is 1.46. The predicted molar refractivity (Wildman–Crippen MR) is 63.6 cm³/mol. The van der Waals surface area contributed by atoms with Crippen molar-refractivity contribution in [3.63, 3.8) is 0 Å². The van der Waals surface area contributed by atoms with Gasteiger partial charge in [-0.2, -0.15) is 0 Å². The van der Waals surface area contributed by atoms with E-state index in [2.05, 4.69) is 14.5 Å². The highest BCUT2D eigenvalue weighted by Gasteiger charge is 2.33. The molecule has 0 atom stereocenters. The molecule has 1 rings (SSSR count). The Labute approximate surface area is 112 Å². The first-order chi connectivity index (χ1) is 9.28. The summed E-state index contributed by atoms with van der Waals surface area (Å²) in [5.74, 6) is -1.28. The van der Waals surface area contributed by atoms with E-state index in [1.165, 1.54) is 0 Å². The Morgan fingerprint density at radius 3 is 2.60 bits per heavy atom. The second-order valence-corrected chi connectivity index (χ2v) is 3.71. The third-order valence-corrected chi connectivity index (χ3v) is 2.28. The number of nitrogens with two attached hydrogens (primary N) is 2. The van der Waals surface area contributed by atoms with Gasteiger partial charge in [0.1, 0.15) is 0 Å². The maximum Gasteiger partial charge on any atom is 0.573 e. The first-order valence-corrected chi connectivity index (χ1v) is 5.66. The number of hydrogen-bond acceptors (Lipinski definition) is 6. The highest BCUT2D eigenvalue weighted by molar-refractivity contribution is 5.75. The van der Waals surface area contributed by atoms with Crippen molar-refractivity contribution < 1.29 is 27.4 Å². The molecule has 0 saturated heterocycles. The van der Waals surface area contributed by atoms with Crippen molar-refractivity contribution in [1.82, 2.24) is 4.98 Å². The molecule has 1 aromatic heterocycles. The lowest BCUT2D eigenvalue weighted by atomic mass is 10.1. The van der Waals surface area contributed by atoms with Crippen LogP contribution in [0.5, 0.6) is 5.75 Å². The van der Waals surface area contributed by atoms with E-state index in [0.717, 1.165) is 6.20 Å². The van der Waals surface area contributed by atoms with E-state index >= 15 is 0 Å². The zero-order valence-electron chi connectivity index (χ0n) is 10.7. The van der Waals surface area contributed by atoms with Crippen molar-refractivity contribution in [2.75, 3.05) is 12.3 Å². The molecular weight excluding hydrogens is 279 g/mol. The minimum absolute atomic E-state index is 0.00701. The fourth-order valence-corrected chi connectivity index (χ4v) is 1.46. The highest BCUT2D eigenvalue weighted by Crippen LogP contribution is 2.33. The summed E-state index contributed by atoms with van der Waals surface area (Å²) in [6.07, 6.45) is -4.18. The number of carbonyl (C=O) groups is 1. The van der Waals surface area contributed by atoms with E-state index in [1.807, 2.05) is 0 Å². The van der Waals surface area contributed by atoms with E-state index in [-0.39, 0.29) is 36.5 Å². The summed E-state index contributed by atoms with van der Waals surface area (Å²) in [7, 11) is 0. The van der Waals surface area contributed by atoms with Gasteiger partial charge in [-0.25, -0.2) is 0 Å². The Morgan fingerprint density at radius 1 is 1.45 bits per heavy atom. The summed E-state index contributed by atoms with van der Waals surface area (Å²) in [6, 6.07) is 0. The molecule has 1 heterocycles. The molecule has 0 fully saturated rings. The van der Waals surface area contributed by atoms with Crippen molar-refractivity contribution in [3.05, 3.63) is 17.5 Å². The smallest absolute Gasteiger partial charge is 0.466 e. The molecule has 0 aliphatic heterocycles. The molecule has 0 unspecified atom stereocenters. The Hall–Kier alpha value is -2.03. The van der Waals surface area contributed by atoms with E-state index < -0.39 is 18.1 Å². The first-order valence-electron chi connectivity index (χ1n) is 5.66. The van der Waals surface area contributed by atoms with Gasteiger partial charge in [-0.05, 0) is 6.92 Å². The second kappa shape index (κ2) is 6.42. The summed E-state index contributed by atoms with van der Waals surface area (Å²) in [6.45, 7) is 1.51. The predicted octanol–water partition coefficient (Wildman–Crippen LogP) is 1.13. The van der Waals surface area contributed by atoms with Crippen molar-refractivity contribution in [3.8, 4) is 5.75 Å². The van der Waals surface area contributed by atoms with Gasteiger partial charge in [0.15, 0.2) is 5.75 Å². The van der Waals surface area contributed by atoms with Crippen molar-refractivity contribution in [2.45, 2.75) is 26.3 Å². The number of carbonyl (C=O) groups excluding carboxylic acids is 1. The van der Waals surface area contributed by atoms with Crippen molar-refractivity contribution in [2.24, 2.45) is 5.73 Å². The number of halogens is 3. The summed E-state index contributed by atoms with van der Waals surface area (Å²) < 4.78 is 45.5. The van der Waals surface area contributed by atoms with Gasteiger partial charge in [-0.1, -0.05) is 0 Å². The average molecular weight is 293 g/mol. The van der Waals surface area contributed by atoms with Crippen molar-refractivity contribution in [1.29, 1.82) is 0 Å². The topological polar surface area (TPSA) is 100 Å². The molecule has 0 aliphatic carbocycles. The zero-order chi connectivity index (χ0) is 15.3. The van der Waals surface area contributed by atoms with Gasteiger partial charge >= 0.3 is 12.3 Å². The fraction of sp³-hybridized carbons (Fsp3) is 0.455. The molecule has 9 heteroatoms. The maximum absolute atomic E-state index is 12.3. The van der Waals surface area contributed by atoms with Crippen LogP contribution in [0.2, 0.25) is 0 Å². The zero-order valence-corrected chi connectivity index (χ0v) is 10.7. The molecule has 0 spiro atoms. The molecule has 6 nitrogen and oxygen atoms in total. The minimum atomic E-state index is -4.92. The van der Waals surface area contributed by atoms with Crippen LogP contribution in [-0.4, -0.2) is 23.9 Å². The number of rotatable bonds is 5. The molecule has 0 aromatic carbocycles. The molecule has 4 N–H and O–H groups in total. The van der Waals surface area contributed by atoms with Crippen LogP contribution >= 0.6 is 0 Å². The number of ether oxygens (including phenoxy) is 2. The molecule has 20 heavy (non-hydrogen) atoms. The number of pyridine rings is 1. The quantitative estimate of drug-likeness (QED) is 0.789. The second-order valence-electron chi connectivity index (χ2n) is 3.71. The maximum atomic E-state index is 12.3. The Kier molecular flexibility index (Phi) is 5.14. The highest BCUT2D eigenvalue weighted by atomic mass is 19.4. The molecule has 1 aromatic rings. The average Bonchev–Trinajstić information content (AvgIpc) is 2.33. The Morgan fingerprint density at radius 2 is 2.10 bits per heavy atom. The van der Waals surface area contributed by atoms with E-state index in [0.29, 0.717) is 0 Å². The van der Waals surface area contributed by atoms with Crippen LogP contribution in [0, 0.1) is 0 Å². The Balaban J connectivity index is 3.11. The lowest BCUT2D eigenvalue weighted by Gasteiger charge is -2.16. The lowest BCUT2D eigenvalue weighted by Crippen LogP contribution is -2.21. The van der Waals surface area contributed by atoms with Gasteiger partial charge < -0.3 is 20.9 Å². The van der Waals surface area contributed by atoms with Crippen LogP contribution in [0.25, 0.3) is 0 Å². The summed E-state index contributed by atoms with van der Waals surface area (Å²) >= 11 is 0. The number of nitrogens with zero attached hydrogens (tertiary/aromatic N) is 1. The Bertz CT molecular complexity index is 492. The molecular formula is C11H14F3N3O3. The normalized spacial score (nSPS) is 11.2. The molecule has 0 bridgehead atoms. The molecule has 0 radical (unpaired) electrons. The van der Waals surface area contributed by atoms with E-state index in [1.54, 1.807) is 6.92 Å². The summed E-state index contributed by atoms with van der Waals surface area (Å²) in [5, 5.41) is 0. The number of anilines is 1. The third kappa shape index (κ3) is 4.26. The van der Waals surface area contributed by atoms with Crippen LogP contribution in [0.4, 0.5) is 18.9 Å².